The molecule has 0 saturated carbocycles. The van der Waals surface area contributed by atoms with Crippen LogP contribution in [0.5, 0.6) is 0 Å². The minimum absolute atomic E-state index is 0.231. The molecule has 1 saturated heterocycles. The third-order valence-electron chi connectivity index (χ3n) is 3.50. The summed E-state index contributed by atoms with van der Waals surface area (Å²) in [4.78, 5) is 2.50. The molecule has 0 radical (unpaired) electrons. The normalized spacial score (nSPS) is 23.9. The van der Waals surface area contributed by atoms with Crippen LogP contribution in [0, 0.1) is 0 Å². The molecule has 1 unspecified atom stereocenters. The van der Waals surface area contributed by atoms with Gasteiger partial charge in [0.05, 0.1) is 12.7 Å². The lowest BCUT2D eigenvalue weighted by molar-refractivity contribution is -0.00422. The molecule has 0 N–H and O–H groups in total. The predicted molar refractivity (Wildman–Crippen MR) is 78.8 cm³/mol. The van der Waals surface area contributed by atoms with Crippen molar-refractivity contribution in [3.63, 3.8) is 0 Å². The van der Waals surface area contributed by atoms with Gasteiger partial charge in [0.1, 0.15) is 0 Å². The van der Waals surface area contributed by atoms with Gasteiger partial charge in [-0.3, -0.25) is 4.90 Å². The number of morpholine rings is 1. The van der Waals surface area contributed by atoms with E-state index >= 15 is 0 Å². The maximum absolute atomic E-state index is 5.88. The molecule has 0 amide bonds. The van der Waals surface area contributed by atoms with E-state index in [4.69, 9.17) is 4.74 Å². The number of ether oxygens (including phenoxy) is 1. The van der Waals surface area contributed by atoms with Gasteiger partial charge in [-0.2, -0.15) is 0 Å². The predicted octanol–water partition coefficient (Wildman–Crippen LogP) is 3.57. The molecular formula is C16H27NO. The van der Waals surface area contributed by atoms with E-state index in [0.29, 0.717) is 0 Å². The van der Waals surface area contributed by atoms with E-state index in [1.165, 1.54) is 11.1 Å². The highest BCUT2D eigenvalue weighted by Gasteiger charge is 2.22. The van der Waals surface area contributed by atoms with Gasteiger partial charge in [-0.05, 0) is 32.8 Å². The molecule has 102 valence electrons. The highest BCUT2D eigenvalue weighted by molar-refractivity contribution is 5.23. The first kappa shape index (κ1) is 15.2. The summed E-state index contributed by atoms with van der Waals surface area (Å²) in [6.07, 6.45) is 10.0. The molecule has 0 aromatic carbocycles. The molecular weight excluding hydrogens is 222 g/mol. The largest absolute Gasteiger partial charge is 0.371 e. The van der Waals surface area contributed by atoms with Crippen LogP contribution in [0.15, 0.2) is 35.5 Å². The van der Waals surface area contributed by atoms with Crippen LogP contribution in [0.25, 0.3) is 0 Å². The Morgan fingerprint density at radius 3 is 2.61 bits per heavy atom. The topological polar surface area (TPSA) is 12.5 Å². The smallest absolute Gasteiger partial charge is 0.0949 e. The monoisotopic (exact) mass is 249 g/mol. The summed E-state index contributed by atoms with van der Waals surface area (Å²) in [5.41, 5.74) is 2.81. The van der Waals surface area contributed by atoms with Crippen molar-refractivity contribution in [2.24, 2.45) is 0 Å². The molecule has 0 aromatic rings. The van der Waals surface area contributed by atoms with Crippen LogP contribution in [-0.4, -0.2) is 37.2 Å². The summed E-state index contributed by atoms with van der Waals surface area (Å²) in [5, 5.41) is 0. The molecule has 1 rings (SSSR count). The van der Waals surface area contributed by atoms with Crippen LogP contribution in [0.4, 0.5) is 0 Å². The Kier molecular flexibility index (Phi) is 6.99. The second kappa shape index (κ2) is 8.28. The second-order valence-corrected chi connectivity index (χ2v) is 4.68. The number of nitrogens with zero attached hydrogens (tertiary/aromatic N) is 1. The van der Waals surface area contributed by atoms with Crippen molar-refractivity contribution in [1.29, 1.82) is 0 Å². The molecule has 1 heterocycles. The Balaban J connectivity index is 2.60. The van der Waals surface area contributed by atoms with Gasteiger partial charge >= 0.3 is 0 Å². The van der Waals surface area contributed by atoms with Crippen LogP contribution < -0.4 is 0 Å². The lowest BCUT2D eigenvalue weighted by Crippen LogP contribution is -2.43. The molecule has 1 aliphatic heterocycles. The summed E-state index contributed by atoms with van der Waals surface area (Å²) in [7, 11) is 0. The van der Waals surface area contributed by atoms with E-state index in [-0.39, 0.29) is 6.10 Å². The molecule has 2 heteroatoms. The van der Waals surface area contributed by atoms with E-state index in [1.807, 2.05) is 0 Å². The molecule has 0 spiro atoms. The van der Waals surface area contributed by atoms with Crippen molar-refractivity contribution >= 4 is 0 Å². The van der Waals surface area contributed by atoms with Gasteiger partial charge in [-0.25, -0.2) is 0 Å². The number of allylic oxidation sites excluding steroid dienone is 3. The lowest BCUT2D eigenvalue weighted by Gasteiger charge is -2.34. The van der Waals surface area contributed by atoms with Crippen LogP contribution in [0.2, 0.25) is 0 Å². The summed E-state index contributed by atoms with van der Waals surface area (Å²) in [5.74, 6) is 0. The average molecular weight is 249 g/mol. The van der Waals surface area contributed by atoms with Crippen molar-refractivity contribution in [3.05, 3.63) is 35.5 Å². The van der Waals surface area contributed by atoms with Gasteiger partial charge in [0, 0.05) is 19.6 Å². The number of rotatable bonds is 5. The van der Waals surface area contributed by atoms with E-state index < -0.39 is 0 Å². The lowest BCUT2D eigenvalue weighted by atomic mass is 10.1. The summed E-state index contributed by atoms with van der Waals surface area (Å²) in [6.45, 7) is 12.5. The van der Waals surface area contributed by atoms with Crippen molar-refractivity contribution in [1.82, 2.24) is 4.90 Å². The summed E-state index contributed by atoms with van der Waals surface area (Å²) >= 11 is 0. The highest BCUT2D eigenvalue weighted by atomic mass is 16.5. The number of hydrogen-bond donors (Lipinski definition) is 0. The van der Waals surface area contributed by atoms with Gasteiger partial charge in [-0.15, -0.1) is 0 Å². The fraction of sp³-hybridized carbons (Fsp3) is 0.625. The Hall–Kier alpha value is -0.860. The van der Waals surface area contributed by atoms with E-state index in [0.717, 1.165) is 32.7 Å². The Labute approximate surface area is 112 Å². The van der Waals surface area contributed by atoms with Crippen molar-refractivity contribution in [2.45, 2.75) is 40.2 Å². The summed E-state index contributed by atoms with van der Waals surface area (Å²) < 4.78 is 5.88. The standard InChI is InChI=1S/C16H27NO/c1-5-9-15(8-4)16-13-17(10-11-18-16)12-14(6-2)7-3/h5-6,8-9,16H,7,10-13H2,1-4H3. The maximum Gasteiger partial charge on any atom is 0.0949 e. The van der Waals surface area contributed by atoms with Gasteiger partial charge in [0.2, 0.25) is 0 Å². The van der Waals surface area contributed by atoms with Crippen molar-refractivity contribution in [3.8, 4) is 0 Å². The molecule has 1 atom stereocenters. The van der Waals surface area contributed by atoms with Gasteiger partial charge in [0.15, 0.2) is 0 Å². The minimum atomic E-state index is 0.231. The van der Waals surface area contributed by atoms with E-state index in [1.54, 1.807) is 0 Å². The minimum Gasteiger partial charge on any atom is -0.371 e. The SMILES string of the molecule is CC=CC(=CC)C1CN(CC(=CC)CC)CCO1. The molecule has 0 bridgehead atoms. The zero-order chi connectivity index (χ0) is 13.4. The molecule has 18 heavy (non-hydrogen) atoms. The molecule has 0 aliphatic carbocycles. The third kappa shape index (κ3) is 4.43. The van der Waals surface area contributed by atoms with Crippen LogP contribution in [0.3, 0.4) is 0 Å². The molecule has 1 aliphatic rings. The van der Waals surface area contributed by atoms with E-state index in [2.05, 4.69) is 56.9 Å². The third-order valence-corrected chi connectivity index (χ3v) is 3.50. The van der Waals surface area contributed by atoms with Gasteiger partial charge in [-0.1, -0.05) is 36.8 Å². The van der Waals surface area contributed by atoms with E-state index in [9.17, 15) is 0 Å². The van der Waals surface area contributed by atoms with Crippen molar-refractivity contribution in [2.75, 3.05) is 26.2 Å². The Morgan fingerprint density at radius 2 is 2.06 bits per heavy atom. The first-order chi connectivity index (χ1) is 8.74. The van der Waals surface area contributed by atoms with Crippen LogP contribution in [-0.2, 0) is 4.74 Å². The van der Waals surface area contributed by atoms with Crippen LogP contribution >= 0.6 is 0 Å². The zero-order valence-electron chi connectivity index (χ0n) is 12.3. The quantitative estimate of drug-likeness (QED) is 0.545. The fourth-order valence-corrected chi connectivity index (χ4v) is 2.32. The molecule has 0 aromatic heterocycles. The maximum atomic E-state index is 5.88. The van der Waals surface area contributed by atoms with Gasteiger partial charge < -0.3 is 4.74 Å². The second-order valence-electron chi connectivity index (χ2n) is 4.68. The Morgan fingerprint density at radius 1 is 1.28 bits per heavy atom. The first-order valence-electron chi connectivity index (χ1n) is 7.02. The fourth-order valence-electron chi connectivity index (χ4n) is 2.32. The highest BCUT2D eigenvalue weighted by Crippen LogP contribution is 2.16. The summed E-state index contributed by atoms with van der Waals surface area (Å²) in [6, 6.07) is 0. The molecule has 1 fully saturated rings. The average Bonchev–Trinajstić information content (AvgIpc) is 2.42. The van der Waals surface area contributed by atoms with Crippen LogP contribution in [0.1, 0.15) is 34.1 Å². The zero-order valence-corrected chi connectivity index (χ0v) is 12.3. The number of hydrogen-bond acceptors (Lipinski definition) is 2. The van der Waals surface area contributed by atoms with Gasteiger partial charge in [0.25, 0.3) is 0 Å². The van der Waals surface area contributed by atoms with Crippen molar-refractivity contribution < 1.29 is 4.74 Å². The molecule has 2 nitrogen and oxygen atoms in total. The Bertz CT molecular complexity index is 328. The first-order valence-corrected chi connectivity index (χ1v) is 7.02.